The molecule has 0 saturated carbocycles. The molecule has 0 atom stereocenters. The quantitative estimate of drug-likeness (QED) is 0.554. The molecule has 0 fully saturated rings. The van der Waals surface area contributed by atoms with E-state index < -0.39 is 5.82 Å². The lowest BCUT2D eigenvalue weighted by molar-refractivity contribution is 0.204. The van der Waals surface area contributed by atoms with Crippen LogP contribution in [0, 0.1) is 5.82 Å². The van der Waals surface area contributed by atoms with Crippen molar-refractivity contribution in [2.75, 3.05) is 20.3 Å². The lowest BCUT2D eigenvalue weighted by Gasteiger charge is -2.15. The molecule has 0 bridgehead atoms. The maximum Gasteiger partial charge on any atom is 0.131 e. The van der Waals surface area contributed by atoms with Gasteiger partial charge in [0, 0.05) is 24.2 Å². The molecule has 0 unspecified atom stereocenters. The van der Waals surface area contributed by atoms with Gasteiger partial charge in [-0.1, -0.05) is 41.5 Å². The summed E-state index contributed by atoms with van der Waals surface area (Å²) < 4.78 is 24.5. The molecule has 128 valence electrons. The van der Waals surface area contributed by atoms with Crippen LogP contribution in [0.25, 0.3) is 0 Å². The monoisotopic (exact) mass is 387 g/mol. The molecule has 3 nitrogen and oxygen atoms in total. The van der Waals surface area contributed by atoms with Crippen LogP contribution in [0.5, 0.6) is 5.75 Å². The number of nitrogens with one attached hydrogen (secondary N) is 1. The second kappa shape index (κ2) is 9.18. The minimum atomic E-state index is -0.418. The minimum Gasteiger partial charge on any atom is -0.488 e. The Hall–Kier alpha value is -1.40. The summed E-state index contributed by atoms with van der Waals surface area (Å²) in [5.41, 5.74) is 0.916. The number of ether oxygens (including phenoxy) is 2. The van der Waals surface area contributed by atoms with Gasteiger partial charge in [0.15, 0.2) is 0 Å². The maximum atomic E-state index is 13.8. The standard InChI is InChI=1S/C17H16Cl2FNO2S/c1-22-8-7-21-17(24)12-9-11(18)5-6-16(12)23-10-13-14(19)3-2-4-15(13)20/h2-6,9H,7-8,10H2,1H3,(H,21,24). The van der Waals surface area contributed by atoms with Crippen LogP contribution in [-0.2, 0) is 11.3 Å². The molecule has 0 radical (unpaired) electrons. The van der Waals surface area contributed by atoms with E-state index in [4.69, 9.17) is 44.9 Å². The van der Waals surface area contributed by atoms with E-state index >= 15 is 0 Å². The zero-order valence-corrected chi connectivity index (χ0v) is 15.3. The molecule has 0 aliphatic heterocycles. The lowest BCUT2D eigenvalue weighted by atomic mass is 10.2. The van der Waals surface area contributed by atoms with Gasteiger partial charge >= 0.3 is 0 Å². The Morgan fingerprint density at radius 2 is 2.04 bits per heavy atom. The van der Waals surface area contributed by atoms with E-state index in [0.29, 0.717) is 45.1 Å². The second-order valence-electron chi connectivity index (χ2n) is 4.88. The molecule has 1 N–H and O–H groups in total. The van der Waals surface area contributed by atoms with E-state index in [0.717, 1.165) is 0 Å². The highest BCUT2D eigenvalue weighted by Gasteiger charge is 2.13. The zero-order valence-electron chi connectivity index (χ0n) is 12.9. The van der Waals surface area contributed by atoms with Crippen molar-refractivity contribution in [2.24, 2.45) is 0 Å². The fourth-order valence-electron chi connectivity index (χ4n) is 1.99. The fourth-order valence-corrected chi connectivity index (χ4v) is 2.64. The maximum absolute atomic E-state index is 13.8. The first-order valence-corrected chi connectivity index (χ1v) is 8.31. The molecule has 2 rings (SSSR count). The van der Waals surface area contributed by atoms with Crippen molar-refractivity contribution in [3.05, 3.63) is 63.4 Å². The minimum absolute atomic E-state index is 0.0131. The van der Waals surface area contributed by atoms with Gasteiger partial charge in [-0.05, 0) is 30.3 Å². The Morgan fingerprint density at radius 1 is 1.25 bits per heavy atom. The molecule has 0 aromatic heterocycles. The Morgan fingerprint density at radius 3 is 2.75 bits per heavy atom. The van der Waals surface area contributed by atoms with Crippen LogP contribution in [-0.4, -0.2) is 25.2 Å². The largest absolute Gasteiger partial charge is 0.488 e. The van der Waals surface area contributed by atoms with Crippen molar-refractivity contribution in [1.82, 2.24) is 5.32 Å². The number of rotatable bonds is 7. The molecular formula is C17H16Cl2FNO2S. The highest BCUT2D eigenvalue weighted by molar-refractivity contribution is 7.80. The van der Waals surface area contributed by atoms with Crippen LogP contribution in [0.3, 0.4) is 0 Å². The summed E-state index contributed by atoms with van der Waals surface area (Å²) >= 11 is 17.4. The number of thiocarbonyl (C=S) groups is 1. The number of benzene rings is 2. The lowest BCUT2D eigenvalue weighted by Crippen LogP contribution is -2.26. The van der Waals surface area contributed by atoms with Gasteiger partial charge in [-0.3, -0.25) is 0 Å². The topological polar surface area (TPSA) is 30.5 Å². The molecule has 2 aromatic carbocycles. The van der Waals surface area contributed by atoms with Crippen LogP contribution in [0.2, 0.25) is 10.0 Å². The third-order valence-corrected chi connectivity index (χ3v) is 4.17. The molecule has 2 aromatic rings. The molecule has 24 heavy (non-hydrogen) atoms. The van der Waals surface area contributed by atoms with Crippen molar-refractivity contribution in [3.8, 4) is 5.75 Å². The fraction of sp³-hybridized carbons (Fsp3) is 0.235. The van der Waals surface area contributed by atoms with Gasteiger partial charge in [-0.25, -0.2) is 4.39 Å². The first kappa shape index (κ1) is 18.9. The Balaban J connectivity index is 2.16. The van der Waals surface area contributed by atoms with Crippen LogP contribution in [0.4, 0.5) is 4.39 Å². The predicted molar refractivity (Wildman–Crippen MR) is 98.8 cm³/mol. The normalized spacial score (nSPS) is 10.5. The first-order chi connectivity index (χ1) is 11.5. The second-order valence-corrected chi connectivity index (χ2v) is 6.13. The highest BCUT2D eigenvalue weighted by atomic mass is 35.5. The Kier molecular flexibility index (Phi) is 7.24. The summed E-state index contributed by atoms with van der Waals surface area (Å²) in [5.74, 6) is 0.0763. The summed E-state index contributed by atoms with van der Waals surface area (Å²) in [6, 6.07) is 9.57. The van der Waals surface area contributed by atoms with Gasteiger partial charge in [0.05, 0.1) is 17.2 Å². The molecule has 0 aliphatic rings. The number of hydrogen-bond acceptors (Lipinski definition) is 3. The average molecular weight is 388 g/mol. The smallest absolute Gasteiger partial charge is 0.131 e. The van der Waals surface area contributed by atoms with E-state index in [-0.39, 0.29) is 6.61 Å². The molecule has 7 heteroatoms. The number of methoxy groups -OCH3 is 1. The molecule has 0 amide bonds. The molecule has 0 aliphatic carbocycles. The Bertz CT molecular complexity index is 707. The number of halogens is 3. The Labute approximate surface area is 155 Å². The van der Waals surface area contributed by atoms with Gasteiger partial charge in [0.25, 0.3) is 0 Å². The third-order valence-electron chi connectivity index (χ3n) is 3.21. The molecule has 0 saturated heterocycles. The predicted octanol–water partition coefficient (Wildman–Crippen LogP) is 4.62. The van der Waals surface area contributed by atoms with Crippen molar-refractivity contribution in [1.29, 1.82) is 0 Å². The van der Waals surface area contributed by atoms with Crippen LogP contribution in [0.1, 0.15) is 11.1 Å². The van der Waals surface area contributed by atoms with E-state index in [1.807, 2.05) is 0 Å². The molecule has 0 heterocycles. The average Bonchev–Trinajstić information content (AvgIpc) is 2.55. The zero-order chi connectivity index (χ0) is 17.5. The summed E-state index contributed by atoms with van der Waals surface area (Å²) in [7, 11) is 1.61. The summed E-state index contributed by atoms with van der Waals surface area (Å²) in [6.07, 6.45) is 0. The first-order valence-electron chi connectivity index (χ1n) is 7.15. The summed E-state index contributed by atoms with van der Waals surface area (Å²) in [5, 5.41) is 3.89. The molecule has 0 spiro atoms. The van der Waals surface area contributed by atoms with Crippen molar-refractivity contribution in [3.63, 3.8) is 0 Å². The number of hydrogen-bond donors (Lipinski definition) is 1. The SMILES string of the molecule is COCCNC(=S)c1cc(Cl)ccc1OCc1c(F)cccc1Cl. The molecular weight excluding hydrogens is 372 g/mol. The van der Waals surface area contributed by atoms with Gasteiger partial charge < -0.3 is 14.8 Å². The van der Waals surface area contributed by atoms with Crippen molar-refractivity contribution < 1.29 is 13.9 Å². The van der Waals surface area contributed by atoms with Crippen LogP contribution in [0.15, 0.2) is 36.4 Å². The highest BCUT2D eigenvalue weighted by Crippen LogP contribution is 2.26. The van der Waals surface area contributed by atoms with Crippen molar-refractivity contribution in [2.45, 2.75) is 6.61 Å². The summed E-state index contributed by atoms with van der Waals surface area (Å²) in [4.78, 5) is 0.476. The van der Waals surface area contributed by atoms with Gasteiger partial charge in [-0.2, -0.15) is 0 Å². The summed E-state index contributed by atoms with van der Waals surface area (Å²) in [6.45, 7) is 1.06. The van der Waals surface area contributed by atoms with Crippen LogP contribution < -0.4 is 10.1 Å². The van der Waals surface area contributed by atoms with E-state index in [1.54, 1.807) is 37.4 Å². The van der Waals surface area contributed by atoms with Gasteiger partial charge in [-0.15, -0.1) is 0 Å². The van der Waals surface area contributed by atoms with E-state index in [2.05, 4.69) is 5.32 Å². The van der Waals surface area contributed by atoms with Gasteiger partial charge in [0.1, 0.15) is 23.2 Å². The van der Waals surface area contributed by atoms with Crippen LogP contribution >= 0.6 is 35.4 Å². The van der Waals surface area contributed by atoms with Gasteiger partial charge in [0.2, 0.25) is 0 Å². The van der Waals surface area contributed by atoms with E-state index in [1.165, 1.54) is 6.07 Å². The van der Waals surface area contributed by atoms with E-state index in [9.17, 15) is 4.39 Å². The third kappa shape index (κ3) is 5.05. The van der Waals surface area contributed by atoms with Crippen molar-refractivity contribution >= 4 is 40.4 Å².